The maximum atomic E-state index is 4.01. The van der Waals surface area contributed by atoms with Crippen LogP contribution in [0, 0.1) is 0 Å². The summed E-state index contributed by atoms with van der Waals surface area (Å²) in [5.74, 6) is 0. The predicted molar refractivity (Wildman–Crippen MR) is 38.1 cm³/mol. The van der Waals surface area contributed by atoms with Crippen LogP contribution in [0.5, 0.6) is 0 Å². The fourth-order valence-electron chi connectivity index (χ4n) is 0.317. The quantitative estimate of drug-likeness (QED) is 0.489. The van der Waals surface area contributed by atoms with Gasteiger partial charge in [-0.1, -0.05) is 6.92 Å². The highest BCUT2D eigenvalue weighted by atomic mass is 14.7. The van der Waals surface area contributed by atoms with Crippen molar-refractivity contribution in [2.45, 2.75) is 13.3 Å². The van der Waals surface area contributed by atoms with Crippen molar-refractivity contribution in [3.8, 4) is 0 Å². The lowest BCUT2D eigenvalue weighted by Gasteiger charge is -1.79. The maximum absolute atomic E-state index is 4.01. The molecule has 0 aliphatic heterocycles. The molecule has 0 heterocycles. The average Bonchev–Trinajstić information content (AvgIpc) is 1.81. The lowest BCUT2D eigenvalue weighted by atomic mass is 10.5. The van der Waals surface area contributed by atoms with Crippen LogP contribution in [-0.2, 0) is 0 Å². The summed E-state index contributed by atoms with van der Waals surface area (Å²) < 4.78 is 0. The second kappa shape index (κ2) is 6.34. The van der Waals surface area contributed by atoms with Crippen molar-refractivity contribution in [1.29, 1.82) is 0 Å². The molecule has 0 saturated carbocycles. The Kier molecular flexibility index (Phi) is 5.82. The molecule has 0 aromatic rings. The van der Waals surface area contributed by atoms with Crippen LogP contribution in [0.15, 0.2) is 9.98 Å². The Bertz CT molecular complexity index is 84.5. The monoisotopic (exact) mass is 112 g/mol. The lowest BCUT2D eigenvalue weighted by Crippen LogP contribution is -1.78. The molecule has 0 unspecified atom stereocenters. The molecule has 2 heteroatoms. The standard InChI is InChI=1S/C6H12N2/c1-3-4-8-6-5-7-2/h5-6H,3-4H2,1-2H3/b7-5-,8-6-. The topological polar surface area (TPSA) is 24.7 Å². The molecule has 46 valence electrons. The zero-order chi connectivity index (χ0) is 6.24. The first-order valence-electron chi connectivity index (χ1n) is 2.82. The minimum atomic E-state index is 0.909. The number of hydrogen-bond donors (Lipinski definition) is 0. The number of rotatable bonds is 3. The summed E-state index contributed by atoms with van der Waals surface area (Å²) >= 11 is 0. The van der Waals surface area contributed by atoms with E-state index in [0.717, 1.165) is 13.0 Å². The fourth-order valence-corrected chi connectivity index (χ4v) is 0.317. The molecule has 0 aliphatic rings. The van der Waals surface area contributed by atoms with Gasteiger partial charge in [-0.2, -0.15) is 0 Å². The minimum Gasteiger partial charge on any atom is -0.295 e. The number of hydrogen-bond acceptors (Lipinski definition) is 2. The van der Waals surface area contributed by atoms with Crippen molar-refractivity contribution >= 4 is 12.4 Å². The molecular weight excluding hydrogens is 100 g/mol. The van der Waals surface area contributed by atoms with Gasteiger partial charge in [0, 0.05) is 26.0 Å². The van der Waals surface area contributed by atoms with Gasteiger partial charge < -0.3 is 0 Å². The number of nitrogens with zero attached hydrogens (tertiary/aromatic N) is 2. The van der Waals surface area contributed by atoms with Crippen LogP contribution in [0.2, 0.25) is 0 Å². The molecule has 2 nitrogen and oxygen atoms in total. The van der Waals surface area contributed by atoms with E-state index in [0.29, 0.717) is 0 Å². The van der Waals surface area contributed by atoms with Crippen molar-refractivity contribution in [2.75, 3.05) is 13.6 Å². The molecule has 0 bridgehead atoms. The van der Waals surface area contributed by atoms with Crippen LogP contribution in [0.25, 0.3) is 0 Å². The lowest BCUT2D eigenvalue weighted by molar-refractivity contribution is 0.938. The normalized spacial score (nSPS) is 11.8. The van der Waals surface area contributed by atoms with Crippen LogP contribution < -0.4 is 0 Å². The molecule has 0 N–H and O–H groups in total. The summed E-state index contributed by atoms with van der Waals surface area (Å²) in [6.07, 6.45) is 4.52. The Morgan fingerprint density at radius 3 is 2.62 bits per heavy atom. The molecule has 0 aromatic heterocycles. The highest BCUT2D eigenvalue weighted by Gasteiger charge is 1.67. The van der Waals surface area contributed by atoms with E-state index in [2.05, 4.69) is 16.9 Å². The van der Waals surface area contributed by atoms with Crippen LogP contribution in [0.3, 0.4) is 0 Å². The third kappa shape index (κ3) is 5.34. The zero-order valence-corrected chi connectivity index (χ0v) is 5.46. The smallest absolute Gasteiger partial charge is 0.0390 e. The van der Waals surface area contributed by atoms with E-state index in [1.807, 2.05) is 0 Å². The van der Waals surface area contributed by atoms with E-state index < -0.39 is 0 Å². The summed E-state index contributed by atoms with van der Waals surface area (Å²) in [6.45, 7) is 3.01. The fraction of sp³-hybridized carbons (Fsp3) is 0.667. The zero-order valence-electron chi connectivity index (χ0n) is 5.46. The van der Waals surface area contributed by atoms with Gasteiger partial charge in [0.2, 0.25) is 0 Å². The SMILES string of the molecule is CCC/N=C\C=N/C. The summed E-state index contributed by atoms with van der Waals surface area (Å²) in [5.41, 5.74) is 0. The number of aliphatic imine (C=N–C) groups is 2. The van der Waals surface area contributed by atoms with E-state index in [9.17, 15) is 0 Å². The van der Waals surface area contributed by atoms with Crippen LogP contribution in [-0.4, -0.2) is 26.0 Å². The Morgan fingerprint density at radius 1 is 1.38 bits per heavy atom. The highest BCUT2D eigenvalue weighted by molar-refractivity contribution is 6.15. The molecule has 0 aliphatic carbocycles. The van der Waals surface area contributed by atoms with Crippen molar-refractivity contribution in [3.63, 3.8) is 0 Å². The maximum Gasteiger partial charge on any atom is 0.0390 e. The van der Waals surface area contributed by atoms with Gasteiger partial charge in [-0.05, 0) is 6.42 Å². The molecule has 0 aromatic carbocycles. The van der Waals surface area contributed by atoms with Crippen LogP contribution in [0.1, 0.15) is 13.3 Å². The molecule has 8 heavy (non-hydrogen) atoms. The minimum absolute atomic E-state index is 0.909. The van der Waals surface area contributed by atoms with Gasteiger partial charge in [0.1, 0.15) is 0 Å². The van der Waals surface area contributed by atoms with Gasteiger partial charge in [-0.25, -0.2) is 0 Å². The Morgan fingerprint density at radius 2 is 2.12 bits per heavy atom. The van der Waals surface area contributed by atoms with Gasteiger partial charge >= 0.3 is 0 Å². The van der Waals surface area contributed by atoms with Gasteiger partial charge in [0.25, 0.3) is 0 Å². The van der Waals surface area contributed by atoms with Gasteiger partial charge in [-0.15, -0.1) is 0 Å². The first-order chi connectivity index (χ1) is 3.91. The molecular formula is C6H12N2. The van der Waals surface area contributed by atoms with Crippen LogP contribution in [0.4, 0.5) is 0 Å². The van der Waals surface area contributed by atoms with Gasteiger partial charge in [-0.3, -0.25) is 9.98 Å². The van der Waals surface area contributed by atoms with Gasteiger partial charge in [0.05, 0.1) is 0 Å². The summed E-state index contributed by atoms with van der Waals surface area (Å²) in [4.78, 5) is 7.74. The molecule has 0 spiro atoms. The van der Waals surface area contributed by atoms with E-state index in [1.54, 1.807) is 19.5 Å². The molecule has 0 saturated heterocycles. The van der Waals surface area contributed by atoms with E-state index in [1.165, 1.54) is 0 Å². The Labute approximate surface area is 50.4 Å². The molecule has 0 fully saturated rings. The molecule has 0 atom stereocenters. The summed E-state index contributed by atoms with van der Waals surface area (Å²) in [7, 11) is 1.73. The molecule has 0 radical (unpaired) electrons. The Balaban J connectivity index is 3.07. The first kappa shape index (κ1) is 7.34. The van der Waals surface area contributed by atoms with Crippen molar-refractivity contribution in [2.24, 2.45) is 9.98 Å². The first-order valence-corrected chi connectivity index (χ1v) is 2.82. The molecule has 0 amide bonds. The van der Waals surface area contributed by atoms with E-state index in [-0.39, 0.29) is 0 Å². The average molecular weight is 112 g/mol. The molecule has 0 rings (SSSR count). The van der Waals surface area contributed by atoms with Crippen LogP contribution >= 0.6 is 0 Å². The van der Waals surface area contributed by atoms with E-state index in [4.69, 9.17) is 0 Å². The summed E-state index contributed by atoms with van der Waals surface area (Å²) in [6, 6.07) is 0. The van der Waals surface area contributed by atoms with Crippen molar-refractivity contribution in [3.05, 3.63) is 0 Å². The van der Waals surface area contributed by atoms with Crippen molar-refractivity contribution < 1.29 is 0 Å². The Hall–Kier alpha value is -0.660. The van der Waals surface area contributed by atoms with Crippen molar-refractivity contribution in [1.82, 2.24) is 0 Å². The highest BCUT2D eigenvalue weighted by Crippen LogP contribution is 1.72. The van der Waals surface area contributed by atoms with E-state index >= 15 is 0 Å². The second-order valence-electron chi connectivity index (χ2n) is 1.46. The largest absolute Gasteiger partial charge is 0.295 e. The van der Waals surface area contributed by atoms with Gasteiger partial charge in [0.15, 0.2) is 0 Å². The third-order valence-corrected chi connectivity index (χ3v) is 0.674. The second-order valence-corrected chi connectivity index (χ2v) is 1.46. The summed E-state index contributed by atoms with van der Waals surface area (Å²) in [5, 5.41) is 0. The third-order valence-electron chi connectivity index (χ3n) is 0.674. The predicted octanol–water partition coefficient (Wildman–Crippen LogP) is 1.17.